The van der Waals surface area contributed by atoms with Crippen LogP contribution in [0.1, 0.15) is 76.0 Å². The molecule has 2 N–H and O–H groups in total. The highest BCUT2D eigenvalue weighted by atomic mass is 35.5. The van der Waals surface area contributed by atoms with Gasteiger partial charge < -0.3 is 10.2 Å². The average Bonchev–Trinajstić information content (AvgIpc) is 2.76. The Balaban J connectivity index is 1.91. The van der Waals surface area contributed by atoms with Crippen LogP contribution in [-0.2, 0) is 0 Å². The van der Waals surface area contributed by atoms with Gasteiger partial charge in [0.1, 0.15) is 0 Å². The molecule has 1 aliphatic rings. The molecule has 3 heteroatoms. The Bertz CT molecular complexity index is 463. The van der Waals surface area contributed by atoms with Crippen LogP contribution in [0.4, 0.5) is 0 Å². The van der Waals surface area contributed by atoms with Crippen molar-refractivity contribution in [3.63, 3.8) is 0 Å². The Kier molecular flexibility index (Phi) is 5.93. The van der Waals surface area contributed by atoms with Crippen molar-refractivity contribution in [2.45, 2.75) is 76.4 Å². The van der Waals surface area contributed by atoms with Crippen LogP contribution < -0.4 is 0 Å². The maximum atomic E-state index is 10.3. The van der Waals surface area contributed by atoms with E-state index in [-0.39, 0.29) is 17.4 Å². The second-order valence-electron chi connectivity index (χ2n) is 7.88. The molecule has 1 aliphatic carbocycles. The molecule has 0 bridgehead atoms. The zero-order valence-electron chi connectivity index (χ0n) is 13.9. The first-order chi connectivity index (χ1) is 10.3. The van der Waals surface area contributed by atoms with E-state index in [0.717, 1.165) is 36.8 Å². The Hall–Kier alpha value is -0.570. The summed E-state index contributed by atoms with van der Waals surface area (Å²) in [5.41, 5.74) is 2.41. The highest BCUT2D eigenvalue weighted by Crippen LogP contribution is 2.38. The maximum Gasteiger partial charge on any atom is 0.0790 e. The van der Waals surface area contributed by atoms with Gasteiger partial charge in [-0.05, 0) is 42.2 Å². The fraction of sp³-hybridized carbons (Fsp3) is 0.684. The van der Waals surface area contributed by atoms with Crippen LogP contribution in [0.5, 0.6) is 0 Å². The van der Waals surface area contributed by atoms with Crippen molar-refractivity contribution < 1.29 is 10.2 Å². The third-order valence-corrected chi connectivity index (χ3v) is 4.98. The molecule has 1 fully saturated rings. The molecule has 1 saturated carbocycles. The van der Waals surface area contributed by atoms with Gasteiger partial charge in [0.2, 0.25) is 0 Å². The van der Waals surface area contributed by atoms with Crippen molar-refractivity contribution in [2.24, 2.45) is 5.41 Å². The molecule has 0 aromatic heterocycles. The summed E-state index contributed by atoms with van der Waals surface area (Å²) in [6.07, 6.45) is 3.71. The van der Waals surface area contributed by atoms with E-state index in [1.807, 2.05) is 24.3 Å². The Morgan fingerprint density at radius 1 is 1.18 bits per heavy atom. The zero-order valence-corrected chi connectivity index (χ0v) is 14.7. The Labute approximate surface area is 139 Å². The van der Waals surface area contributed by atoms with E-state index in [1.54, 1.807) is 0 Å². The predicted octanol–water partition coefficient (Wildman–Crippen LogP) is 4.78. The first kappa shape index (κ1) is 17.8. The molecule has 0 spiro atoms. The number of hydrogen-bond acceptors (Lipinski definition) is 2. The molecule has 0 radical (unpaired) electrons. The summed E-state index contributed by atoms with van der Waals surface area (Å²) < 4.78 is 0. The minimum Gasteiger partial charge on any atom is -0.392 e. The minimum atomic E-state index is -0.398. The van der Waals surface area contributed by atoms with Crippen LogP contribution in [0.15, 0.2) is 24.3 Å². The van der Waals surface area contributed by atoms with Gasteiger partial charge in [0.05, 0.1) is 12.2 Å². The van der Waals surface area contributed by atoms with Crippen LogP contribution in [0, 0.1) is 5.41 Å². The largest absolute Gasteiger partial charge is 0.392 e. The molecule has 4 atom stereocenters. The summed E-state index contributed by atoms with van der Waals surface area (Å²) in [5, 5.41) is 20.4. The Morgan fingerprint density at radius 3 is 2.32 bits per heavy atom. The third kappa shape index (κ3) is 4.97. The van der Waals surface area contributed by atoms with E-state index >= 15 is 0 Å². The van der Waals surface area contributed by atoms with E-state index in [4.69, 9.17) is 11.6 Å². The predicted molar refractivity (Wildman–Crippen MR) is 92.3 cm³/mol. The molecule has 1 aromatic rings. The molecular formula is C19H29ClO2. The summed E-state index contributed by atoms with van der Waals surface area (Å²) in [4.78, 5) is 0. The van der Waals surface area contributed by atoms with E-state index in [1.165, 1.54) is 0 Å². The monoisotopic (exact) mass is 324 g/mol. The second-order valence-corrected chi connectivity index (χ2v) is 8.50. The van der Waals surface area contributed by atoms with E-state index in [2.05, 4.69) is 20.8 Å². The number of benzene rings is 1. The third-order valence-electron chi connectivity index (χ3n) is 4.63. The number of halogens is 1. The van der Waals surface area contributed by atoms with Crippen LogP contribution in [0.25, 0.3) is 0 Å². The van der Waals surface area contributed by atoms with Crippen LogP contribution in [0.2, 0.25) is 0 Å². The normalized spacial score (nSPS) is 27.1. The van der Waals surface area contributed by atoms with Gasteiger partial charge in [-0.15, -0.1) is 11.6 Å². The number of alkyl halides is 1. The van der Waals surface area contributed by atoms with Crippen LogP contribution >= 0.6 is 11.6 Å². The molecule has 0 heterocycles. The van der Waals surface area contributed by atoms with Crippen LogP contribution in [-0.4, -0.2) is 21.7 Å². The quantitative estimate of drug-likeness (QED) is 0.765. The van der Waals surface area contributed by atoms with Gasteiger partial charge in [0, 0.05) is 11.3 Å². The standard InChI is InChI=1S/C19H29ClO2/c1-19(2,3)10-4-5-17(21)14-8-6-13(7-9-14)16-11-15(20)12-18(16)22/h6-9,15-18,21-22H,4-5,10-12H2,1-3H3/t15-,16-,17?,18+/m0/s1. The van der Waals surface area contributed by atoms with Gasteiger partial charge in [0.25, 0.3) is 0 Å². The van der Waals surface area contributed by atoms with Gasteiger partial charge in [-0.1, -0.05) is 51.5 Å². The maximum absolute atomic E-state index is 10.3. The van der Waals surface area contributed by atoms with Gasteiger partial charge in [-0.25, -0.2) is 0 Å². The van der Waals surface area contributed by atoms with Gasteiger partial charge in [0.15, 0.2) is 0 Å². The first-order valence-corrected chi connectivity index (χ1v) is 8.80. The topological polar surface area (TPSA) is 40.5 Å². The van der Waals surface area contributed by atoms with E-state index in [9.17, 15) is 10.2 Å². The van der Waals surface area contributed by atoms with E-state index in [0.29, 0.717) is 11.8 Å². The first-order valence-electron chi connectivity index (χ1n) is 8.36. The smallest absolute Gasteiger partial charge is 0.0790 e. The average molecular weight is 325 g/mol. The minimum absolute atomic E-state index is 0.0719. The SMILES string of the molecule is CC(C)(C)CCCC(O)c1ccc([C@@H]2C[C@H](Cl)C[C@H]2O)cc1. The molecule has 0 amide bonds. The number of hydrogen-bond donors (Lipinski definition) is 2. The highest BCUT2D eigenvalue weighted by Gasteiger charge is 2.32. The molecule has 2 rings (SSSR count). The van der Waals surface area contributed by atoms with Gasteiger partial charge in [-0.2, -0.15) is 0 Å². The number of rotatable bonds is 5. The van der Waals surface area contributed by atoms with Gasteiger partial charge >= 0.3 is 0 Å². The molecule has 1 aromatic carbocycles. The lowest BCUT2D eigenvalue weighted by Crippen LogP contribution is -2.11. The molecule has 2 nitrogen and oxygen atoms in total. The van der Waals surface area contributed by atoms with Crippen LogP contribution in [0.3, 0.4) is 0 Å². The molecule has 0 aliphatic heterocycles. The Morgan fingerprint density at radius 2 is 1.82 bits per heavy atom. The van der Waals surface area contributed by atoms with Gasteiger partial charge in [-0.3, -0.25) is 0 Å². The number of aliphatic hydroxyl groups excluding tert-OH is 2. The molecule has 1 unspecified atom stereocenters. The molecule has 124 valence electrons. The fourth-order valence-electron chi connectivity index (χ4n) is 3.27. The summed E-state index contributed by atoms with van der Waals surface area (Å²) in [6, 6.07) is 8.05. The van der Waals surface area contributed by atoms with E-state index < -0.39 is 6.10 Å². The summed E-state index contributed by atoms with van der Waals surface area (Å²) in [7, 11) is 0. The second kappa shape index (κ2) is 7.33. The van der Waals surface area contributed by atoms with Crippen molar-refractivity contribution in [2.75, 3.05) is 0 Å². The van der Waals surface area contributed by atoms with Crippen molar-refractivity contribution in [1.29, 1.82) is 0 Å². The highest BCUT2D eigenvalue weighted by molar-refractivity contribution is 6.20. The molecule has 22 heavy (non-hydrogen) atoms. The summed E-state index contributed by atoms with van der Waals surface area (Å²) in [6.45, 7) is 6.68. The molecular weight excluding hydrogens is 296 g/mol. The fourth-order valence-corrected chi connectivity index (χ4v) is 3.65. The van der Waals surface area contributed by atoms with Crippen molar-refractivity contribution >= 4 is 11.6 Å². The lowest BCUT2D eigenvalue weighted by molar-refractivity contribution is 0.157. The van der Waals surface area contributed by atoms with Crippen molar-refractivity contribution in [1.82, 2.24) is 0 Å². The zero-order chi connectivity index (χ0) is 16.3. The summed E-state index contributed by atoms with van der Waals surface area (Å²) >= 11 is 6.13. The van der Waals surface area contributed by atoms with Crippen molar-refractivity contribution in [3.8, 4) is 0 Å². The molecule has 0 saturated heterocycles. The lowest BCUT2D eigenvalue weighted by atomic mass is 9.88. The summed E-state index contributed by atoms with van der Waals surface area (Å²) in [5.74, 6) is 0.134. The van der Waals surface area contributed by atoms with Crippen molar-refractivity contribution in [3.05, 3.63) is 35.4 Å². The number of aliphatic hydroxyl groups is 2. The lowest BCUT2D eigenvalue weighted by Gasteiger charge is -2.20.